The van der Waals surface area contributed by atoms with E-state index in [1.165, 1.54) is 94.6 Å². The van der Waals surface area contributed by atoms with Crippen molar-refractivity contribution < 1.29 is 0 Å². The molecule has 14 aromatic rings. The fourth-order valence-corrected chi connectivity index (χ4v) is 14.5. The highest BCUT2D eigenvalue weighted by atomic mass is 15.0. The fourth-order valence-electron chi connectivity index (χ4n) is 14.5. The first-order chi connectivity index (χ1) is 45.1. The Kier molecular flexibility index (Phi) is 13.2. The van der Waals surface area contributed by atoms with Crippen LogP contribution in [0.4, 0.5) is 0 Å². The molecule has 0 amide bonds. The molecular weight excluding hydrogens is 1100 g/mol. The molecule has 91 heavy (non-hydrogen) atoms. The third kappa shape index (κ3) is 9.58. The van der Waals surface area contributed by atoms with Crippen LogP contribution in [-0.2, 0) is 5.41 Å². The van der Waals surface area contributed by atoms with Gasteiger partial charge in [0.2, 0.25) is 0 Å². The number of benzene rings is 13. The minimum atomic E-state index is -0.530. The molecule has 1 heterocycles. The standard InChI is InChI=1S/C88H59N3/c1-5-23-58(24-6-1)62-31-19-33-64(47-62)73-51-71(60-27-9-3-10-28-60)53-75(55-73)66-35-21-37-68(49-66)85-89-86(69-38-22-36-67(50-69)76-54-72(61-29-11-4-12-30-61)52-74(56-76)65-34-20-32-63(48-65)59-25-7-2-8-26-59)91-87(90-85)70-45-46-80-79-41-15-18-44-83(79)88(84(80)57-70)81-42-16-13-39-77(81)78-40-14-17-43-82(78)88/h1-49,51-57,67H,50H2. The lowest BCUT2D eigenvalue weighted by atomic mass is 9.70. The van der Waals surface area contributed by atoms with E-state index in [-0.39, 0.29) is 5.92 Å². The van der Waals surface area contributed by atoms with Gasteiger partial charge in [-0.2, -0.15) is 0 Å². The van der Waals surface area contributed by atoms with Gasteiger partial charge in [0.1, 0.15) is 0 Å². The van der Waals surface area contributed by atoms with Crippen LogP contribution >= 0.6 is 0 Å². The van der Waals surface area contributed by atoms with Crippen molar-refractivity contribution in [3.63, 3.8) is 0 Å². The van der Waals surface area contributed by atoms with Crippen LogP contribution in [0.25, 0.3) is 128 Å². The molecule has 1 aromatic heterocycles. The summed E-state index contributed by atoms with van der Waals surface area (Å²) in [5.74, 6) is 1.94. The van der Waals surface area contributed by atoms with Gasteiger partial charge in [0, 0.05) is 17.0 Å². The Labute approximate surface area is 531 Å². The number of rotatable bonds is 11. The Hall–Kier alpha value is -11.7. The van der Waals surface area contributed by atoms with Crippen LogP contribution in [0.1, 0.15) is 46.0 Å². The number of hydrogen-bond acceptors (Lipinski definition) is 3. The van der Waals surface area contributed by atoms with Crippen LogP contribution in [0, 0.1) is 0 Å². The van der Waals surface area contributed by atoms with Crippen molar-refractivity contribution in [3.8, 4) is 123 Å². The molecule has 1 unspecified atom stereocenters. The molecular formula is C88H59N3. The number of aromatic nitrogens is 3. The van der Waals surface area contributed by atoms with Crippen LogP contribution < -0.4 is 0 Å². The second kappa shape index (κ2) is 22.5. The summed E-state index contributed by atoms with van der Waals surface area (Å²) in [5, 5.41) is 0. The highest BCUT2D eigenvalue weighted by Gasteiger charge is 2.51. The zero-order valence-corrected chi connectivity index (χ0v) is 50.0. The molecule has 0 bridgehead atoms. The van der Waals surface area contributed by atoms with Gasteiger partial charge in [-0.15, -0.1) is 0 Å². The molecule has 1 atom stereocenters. The number of hydrogen-bond donors (Lipinski definition) is 0. The summed E-state index contributed by atoms with van der Waals surface area (Å²) in [4.78, 5) is 16.7. The molecule has 3 aliphatic rings. The molecule has 17 rings (SSSR count). The van der Waals surface area contributed by atoms with E-state index < -0.39 is 5.41 Å². The lowest BCUT2D eigenvalue weighted by Gasteiger charge is -2.30. The quantitative estimate of drug-likeness (QED) is 0.130. The largest absolute Gasteiger partial charge is 0.209 e. The van der Waals surface area contributed by atoms with Crippen LogP contribution in [0.3, 0.4) is 0 Å². The summed E-state index contributed by atoms with van der Waals surface area (Å²) in [7, 11) is 0. The Morgan fingerprint density at radius 1 is 0.242 bits per heavy atom. The van der Waals surface area contributed by atoms with E-state index in [1.807, 2.05) is 0 Å². The van der Waals surface area contributed by atoms with Crippen LogP contribution in [0.5, 0.6) is 0 Å². The molecule has 1 spiro atoms. The summed E-state index contributed by atoms with van der Waals surface area (Å²) in [6.45, 7) is 0. The first-order valence-corrected chi connectivity index (χ1v) is 31.5. The lowest BCUT2D eigenvalue weighted by Crippen LogP contribution is -2.25. The molecule has 3 aliphatic carbocycles. The summed E-state index contributed by atoms with van der Waals surface area (Å²) >= 11 is 0. The van der Waals surface area contributed by atoms with E-state index in [9.17, 15) is 0 Å². The zero-order chi connectivity index (χ0) is 60.2. The highest BCUT2D eigenvalue weighted by molar-refractivity contribution is 5.96. The first-order valence-electron chi connectivity index (χ1n) is 31.5. The van der Waals surface area contributed by atoms with Crippen molar-refractivity contribution in [2.24, 2.45) is 0 Å². The topological polar surface area (TPSA) is 38.7 Å². The minimum absolute atomic E-state index is 0.0343. The minimum Gasteiger partial charge on any atom is -0.209 e. The van der Waals surface area contributed by atoms with E-state index in [1.54, 1.807) is 0 Å². The average Bonchev–Trinajstić information content (AvgIpc) is 1.52. The van der Waals surface area contributed by atoms with Gasteiger partial charge in [-0.05, 0) is 188 Å². The molecule has 0 saturated carbocycles. The third-order valence-electron chi connectivity index (χ3n) is 18.8. The maximum absolute atomic E-state index is 5.60. The van der Waals surface area contributed by atoms with E-state index in [2.05, 4.69) is 340 Å². The molecule has 3 heteroatoms. The first kappa shape index (κ1) is 53.6. The third-order valence-corrected chi connectivity index (χ3v) is 18.8. The Bertz CT molecular complexity index is 5130. The smallest absolute Gasteiger partial charge is 0.164 e. The SMILES string of the molecule is C1=CC(c2cc(-c3ccccc3)cc(-c3cccc(-c4ccccc4)c3)c2)CC(c2nc(-c3cccc(-c4cc(-c5ccccc5)cc(-c5cccc(-c6ccccc6)c5)c4)c3)nc(-c3ccc4c(c3)C3(c5ccccc5-c5ccccc53)c3ccccc3-4)n2)=C1. The summed E-state index contributed by atoms with van der Waals surface area (Å²) < 4.78 is 0. The van der Waals surface area contributed by atoms with Gasteiger partial charge < -0.3 is 0 Å². The predicted molar refractivity (Wildman–Crippen MR) is 376 cm³/mol. The normalized spacial score (nSPS) is 13.9. The molecule has 0 N–H and O–H groups in total. The molecule has 3 nitrogen and oxygen atoms in total. The van der Waals surface area contributed by atoms with Gasteiger partial charge in [-0.25, -0.2) is 15.0 Å². The van der Waals surface area contributed by atoms with Crippen molar-refractivity contribution in [2.75, 3.05) is 0 Å². The average molecular weight is 1160 g/mol. The van der Waals surface area contributed by atoms with Crippen molar-refractivity contribution in [1.29, 1.82) is 0 Å². The molecule has 0 saturated heterocycles. The van der Waals surface area contributed by atoms with E-state index in [0.29, 0.717) is 23.9 Å². The summed E-state index contributed by atoms with van der Waals surface area (Å²) in [5.41, 5.74) is 30.0. The van der Waals surface area contributed by atoms with Crippen LogP contribution in [-0.4, -0.2) is 15.0 Å². The number of nitrogens with zero attached hydrogens (tertiary/aromatic N) is 3. The molecule has 13 aromatic carbocycles. The van der Waals surface area contributed by atoms with Gasteiger partial charge in [0.15, 0.2) is 17.5 Å². The zero-order valence-electron chi connectivity index (χ0n) is 50.0. The second-order valence-electron chi connectivity index (χ2n) is 24.2. The molecule has 426 valence electrons. The number of allylic oxidation sites excluding steroid dienone is 4. The molecule has 0 aliphatic heterocycles. The fraction of sp³-hybridized carbons (Fsp3) is 0.0341. The maximum atomic E-state index is 5.60. The van der Waals surface area contributed by atoms with Crippen LogP contribution in [0.2, 0.25) is 0 Å². The van der Waals surface area contributed by atoms with Gasteiger partial charge in [-0.3, -0.25) is 0 Å². The van der Waals surface area contributed by atoms with Gasteiger partial charge in [-0.1, -0.05) is 291 Å². The lowest BCUT2D eigenvalue weighted by molar-refractivity contribution is 0.793. The van der Waals surface area contributed by atoms with Crippen molar-refractivity contribution in [2.45, 2.75) is 17.8 Å². The van der Waals surface area contributed by atoms with E-state index >= 15 is 0 Å². The monoisotopic (exact) mass is 1160 g/mol. The predicted octanol–water partition coefficient (Wildman–Crippen LogP) is 22.3. The number of fused-ring (bicyclic) bond motifs is 10. The highest BCUT2D eigenvalue weighted by Crippen LogP contribution is 2.63. The maximum Gasteiger partial charge on any atom is 0.164 e. The van der Waals surface area contributed by atoms with Gasteiger partial charge >= 0.3 is 0 Å². The summed E-state index contributed by atoms with van der Waals surface area (Å²) in [6.07, 6.45) is 7.45. The second-order valence-corrected chi connectivity index (χ2v) is 24.2. The van der Waals surface area contributed by atoms with Crippen molar-refractivity contribution in [3.05, 3.63) is 373 Å². The van der Waals surface area contributed by atoms with Gasteiger partial charge in [0.25, 0.3) is 0 Å². The Morgan fingerprint density at radius 2 is 0.560 bits per heavy atom. The Balaban J connectivity index is 0.813. The molecule has 0 radical (unpaired) electrons. The van der Waals surface area contributed by atoms with Crippen LogP contribution in [0.15, 0.2) is 340 Å². The van der Waals surface area contributed by atoms with Crippen molar-refractivity contribution >= 4 is 5.57 Å². The summed E-state index contributed by atoms with van der Waals surface area (Å²) in [6, 6.07) is 117. The van der Waals surface area contributed by atoms with E-state index in [0.717, 1.165) is 50.1 Å². The molecule has 0 fully saturated rings. The Morgan fingerprint density at radius 3 is 1.03 bits per heavy atom. The van der Waals surface area contributed by atoms with E-state index in [4.69, 9.17) is 15.0 Å². The van der Waals surface area contributed by atoms with Crippen molar-refractivity contribution in [1.82, 2.24) is 15.0 Å². The van der Waals surface area contributed by atoms with Gasteiger partial charge in [0.05, 0.1) is 5.41 Å².